The standard InChI is InChI=1S/C25H31N3O5S/c1-18(25(29)26-12-10-19-6-9-23(32-2)24(16-19)33-3)28-15-11-20-17-21(7-8-22(20)28)34(30,31)27-13-4-5-14-27/h6-9,11,15-18H,4-5,10,12-14H2,1-3H3,(H,26,29)/t18-/m0/s1. The molecule has 1 aliphatic heterocycles. The van der Waals surface area contributed by atoms with Gasteiger partial charge in [0, 0.05) is 36.7 Å². The molecule has 34 heavy (non-hydrogen) atoms. The van der Waals surface area contributed by atoms with E-state index >= 15 is 0 Å². The molecule has 8 nitrogen and oxygen atoms in total. The van der Waals surface area contributed by atoms with Gasteiger partial charge in [0.15, 0.2) is 11.5 Å². The van der Waals surface area contributed by atoms with E-state index in [-0.39, 0.29) is 5.91 Å². The van der Waals surface area contributed by atoms with Crippen molar-refractivity contribution in [3.05, 3.63) is 54.2 Å². The lowest BCUT2D eigenvalue weighted by molar-refractivity contribution is -0.123. The summed E-state index contributed by atoms with van der Waals surface area (Å²) in [6.07, 6.45) is 4.28. The van der Waals surface area contributed by atoms with Crippen LogP contribution in [-0.2, 0) is 21.2 Å². The number of benzene rings is 2. The number of amides is 1. The summed E-state index contributed by atoms with van der Waals surface area (Å²) >= 11 is 0. The van der Waals surface area contributed by atoms with E-state index < -0.39 is 16.1 Å². The maximum absolute atomic E-state index is 12.9. The Morgan fingerprint density at radius 1 is 1.03 bits per heavy atom. The van der Waals surface area contributed by atoms with Gasteiger partial charge < -0.3 is 19.4 Å². The number of nitrogens with zero attached hydrogens (tertiary/aromatic N) is 2. The van der Waals surface area contributed by atoms with E-state index in [1.54, 1.807) is 36.7 Å². The molecule has 0 unspecified atom stereocenters. The molecule has 1 fully saturated rings. The van der Waals surface area contributed by atoms with Gasteiger partial charge in [0.1, 0.15) is 6.04 Å². The highest BCUT2D eigenvalue weighted by Crippen LogP contribution is 2.28. The molecular formula is C25H31N3O5S. The van der Waals surface area contributed by atoms with Crippen molar-refractivity contribution in [3.63, 3.8) is 0 Å². The van der Waals surface area contributed by atoms with Crippen LogP contribution in [0.3, 0.4) is 0 Å². The number of ether oxygens (including phenoxy) is 2. The first kappa shape index (κ1) is 24.1. The Bertz CT molecular complexity index is 1280. The van der Waals surface area contributed by atoms with Crippen LogP contribution in [0.25, 0.3) is 10.9 Å². The molecule has 9 heteroatoms. The zero-order chi connectivity index (χ0) is 24.3. The van der Waals surface area contributed by atoms with E-state index in [9.17, 15) is 13.2 Å². The molecule has 0 bridgehead atoms. The zero-order valence-electron chi connectivity index (χ0n) is 19.8. The van der Waals surface area contributed by atoms with Crippen molar-refractivity contribution in [2.24, 2.45) is 0 Å². The molecule has 4 rings (SSSR count). The third-order valence-corrected chi connectivity index (χ3v) is 8.25. The van der Waals surface area contributed by atoms with E-state index in [0.717, 1.165) is 29.3 Å². The van der Waals surface area contributed by atoms with Gasteiger partial charge in [-0.3, -0.25) is 4.79 Å². The summed E-state index contributed by atoms with van der Waals surface area (Å²) in [7, 11) is -0.288. The highest BCUT2D eigenvalue weighted by Gasteiger charge is 2.27. The molecule has 2 heterocycles. The molecule has 1 saturated heterocycles. The highest BCUT2D eigenvalue weighted by molar-refractivity contribution is 7.89. The van der Waals surface area contributed by atoms with Crippen LogP contribution in [0.15, 0.2) is 53.6 Å². The zero-order valence-corrected chi connectivity index (χ0v) is 20.6. The fourth-order valence-corrected chi connectivity index (χ4v) is 5.91. The summed E-state index contributed by atoms with van der Waals surface area (Å²) in [5.74, 6) is 1.22. The van der Waals surface area contributed by atoms with Gasteiger partial charge in [-0.05, 0) is 68.1 Å². The summed E-state index contributed by atoms with van der Waals surface area (Å²) < 4.78 is 39.8. The third-order valence-electron chi connectivity index (χ3n) is 6.35. The van der Waals surface area contributed by atoms with E-state index in [4.69, 9.17) is 9.47 Å². The molecule has 1 atom stereocenters. The van der Waals surface area contributed by atoms with Crippen molar-refractivity contribution in [2.75, 3.05) is 33.9 Å². The SMILES string of the molecule is COc1ccc(CCNC(=O)[C@H](C)n2ccc3cc(S(=O)(=O)N4CCCC4)ccc32)cc1OC. The summed E-state index contributed by atoms with van der Waals surface area (Å²) in [4.78, 5) is 13.1. The van der Waals surface area contributed by atoms with Crippen molar-refractivity contribution in [3.8, 4) is 11.5 Å². The van der Waals surface area contributed by atoms with Gasteiger partial charge in [-0.25, -0.2) is 8.42 Å². The average Bonchev–Trinajstić information content (AvgIpc) is 3.53. The lowest BCUT2D eigenvalue weighted by atomic mass is 10.1. The number of carbonyl (C=O) groups is 1. The Morgan fingerprint density at radius 2 is 1.76 bits per heavy atom. The second-order valence-electron chi connectivity index (χ2n) is 8.46. The minimum Gasteiger partial charge on any atom is -0.493 e. The van der Waals surface area contributed by atoms with Crippen molar-refractivity contribution in [2.45, 2.75) is 37.1 Å². The summed E-state index contributed by atoms with van der Waals surface area (Å²) in [5, 5.41) is 3.78. The van der Waals surface area contributed by atoms with Gasteiger partial charge in [-0.1, -0.05) is 6.07 Å². The average molecular weight is 486 g/mol. The number of methoxy groups -OCH3 is 2. The molecule has 3 aromatic rings. The molecule has 0 aliphatic carbocycles. The number of sulfonamides is 1. The predicted octanol–water partition coefficient (Wildman–Crippen LogP) is 3.36. The van der Waals surface area contributed by atoms with Crippen LogP contribution in [0, 0.1) is 0 Å². The number of rotatable bonds is 9. The fraction of sp³-hybridized carbons (Fsp3) is 0.400. The number of nitrogens with one attached hydrogen (secondary N) is 1. The number of hydrogen-bond acceptors (Lipinski definition) is 5. The van der Waals surface area contributed by atoms with Crippen molar-refractivity contribution in [1.29, 1.82) is 0 Å². The van der Waals surface area contributed by atoms with Gasteiger partial charge in [0.2, 0.25) is 15.9 Å². The van der Waals surface area contributed by atoms with Crippen LogP contribution >= 0.6 is 0 Å². The molecule has 0 saturated carbocycles. The Labute approximate surface area is 200 Å². The maximum atomic E-state index is 12.9. The van der Waals surface area contributed by atoms with Gasteiger partial charge in [-0.2, -0.15) is 4.31 Å². The van der Waals surface area contributed by atoms with Crippen molar-refractivity contribution >= 4 is 26.8 Å². The van der Waals surface area contributed by atoms with Gasteiger partial charge in [0.25, 0.3) is 0 Å². The predicted molar refractivity (Wildman–Crippen MR) is 131 cm³/mol. The lowest BCUT2D eigenvalue weighted by Crippen LogP contribution is -2.32. The summed E-state index contributed by atoms with van der Waals surface area (Å²) in [5.41, 5.74) is 1.85. The summed E-state index contributed by atoms with van der Waals surface area (Å²) in [6, 6.07) is 12.2. The van der Waals surface area contributed by atoms with Gasteiger partial charge in [0.05, 0.1) is 19.1 Å². The second-order valence-corrected chi connectivity index (χ2v) is 10.4. The minimum atomic E-state index is -3.48. The normalized spacial score (nSPS) is 15.4. The van der Waals surface area contributed by atoms with Crippen LogP contribution in [0.2, 0.25) is 0 Å². The first-order valence-electron chi connectivity index (χ1n) is 11.4. The van der Waals surface area contributed by atoms with Crippen molar-refractivity contribution in [1.82, 2.24) is 14.2 Å². The molecule has 1 N–H and O–H groups in total. The molecule has 1 amide bonds. The number of aromatic nitrogens is 1. The number of fused-ring (bicyclic) bond motifs is 1. The molecule has 0 spiro atoms. The Morgan fingerprint density at radius 3 is 2.47 bits per heavy atom. The molecular weight excluding hydrogens is 454 g/mol. The second kappa shape index (κ2) is 10.1. The first-order chi connectivity index (χ1) is 16.3. The summed E-state index contributed by atoms with van der Waals surface area (Å²) in [6.45, 7) is 3.46. The van der Waals surface area contributed by atoms with E-state index in [1.807, 2.05) is 42.0 Å². The van der Waals surface area contributed by atoms with Crippen LogP contribution < -0.4 is 14.8 Å². The molecule has 2 aromatic carbocycles. The minimum absolute atomic E-state index is 0.105. The van der Waals surface area contributed by atoms with Gasteiger partial charge in [-0.15, -0.1) is 0 Å². The molecule has 1 aromatic heterocycles. The fourth-order valence-electron chi connectivity index (χ4n) is 4.36. The smallest absolute Gasteiger partial charge is 0.243 e. The number of carbonyl (C=O) groups excluding carboxylic acids is 1. The van der Waals surface area contributed by atoms with Crippen LogP contribution in [0.1, 0.15) is 31.4 Å². The van der Waals surface area contributed by atoms with E-state index in [2.05, 4.69) is 5.32 Å². The molecule has 182 valence electrons. The van der Waals surface area contributed by atoms with Crippen LogP contribution in [0.5, 0.6) is 11.5 Å². The lowest BCUT2D eigenvalue weighted by Gasteiger charge is -2.17. The Kier molecular flexibility index (Phi) is 7.13. The maximum Gasteiger partial charge on any atom is 0.243 e. The quantitative estimate of drug-likeness (QED) is 0.502. The van der Waals surface area contributed by atoms with Gasteiger partial charge >= 0.3 is 0 Å². The Balaban J connectivity index is 1.42. The highest BCUT2D eigenvalue weighted by atomic mass is 32.2. The Hall–Kier alpha value is -3.04. The monoisotopic (exact) mass is 485 g/mol. The number of hydrogen-bond donors (Lipinski definition) is 1. The van der Waals surface area contributed by atoms with Crippen LogP contribution in [0.4, 0.5) is 0 Å². The van der Waals surface area contributed by atoms with Crippen LogP contribution in [-0.4, -0.2) is 57.1 Å². The van der Waals surface area contributed by atoms with E-state index in [1.165, 1.54) is 0 Å². The first-order valence-corrected chi connectivity index (χ1v) is 12.9. The third kappa shape index (κ3) is 4.76. The van der Waals surface area contributed by atoms with E-state index in [0.29, 0.717) is 42.4 Å². The largest absolute Gasteiger partial charge is 0.493 e. The molecule has 0 radical (unpaired) electrons. The molecule has 1 aliphatic rings. The topological polar surface area (TPSA) is 89.9 Å². The van der Waals surface area contributed by atoms with Crippen molar-refractivity contribution < 1.29 is 22.7 Å².